The number of nitrogens with one attached hydrogen (secondary N) is 1. The molecule has 5 heteroatoms. The Bertz CT molecular complexity index is 335. The molecule has 1 aliphatic carbocycles. The summed E-state index contributed by atoms with van der Waals surface area (Å²) in [7, 11) is 0. The van der Waals surface area contributed by atoms with Gasteiger partial charge in [-0.25, -0.2) is 9.78 Å². The Morgan fingerprint density at radius 3 is 2.71 bits per heavy atom. The number of carbonyl (C=O) groups is 1. The van der Waals surface area contributed by atoms with E-state index >= 15 is 0 Å². The first-order valence-electron chi connectivity index (χ1n) is 4.51. The Kier molecular flexibility index (Phi) is 2.07. The highest BCUT2D eigenvalue weighted by Crippen LogP contribution is 2.34. The molecule has 0 amide bonds. The van der Waals surface area contributed by atoms with Gasteiger partial charge in [0.25, 0.3) is 0 Å². The summed E-state index contributed by atoms with van der Waals surface area (Å²) in [6, 6.07) is 0. The third-order valence-corrected chi connectivity index (χ3v) is 2.55. The third kappa shape index (κ3) is 1.41. The first kappa shape index (κ1) is 8.93. The second kappa shape index (κ2) is 3.25. The van der Waals surface area contributed by atoms with E-state index in [1.165, 1.54) is 12.4 Å². The molecule has 0 unspecified atom stereocenters. The second-order valence-electron chi connectivity index (χ2n) is 3.46. The van der Waals surface area contributed by atoms with Gasteiger partial charge in [-0.15, -0.1) is 0 Å². The van der Waals surface area contributed by atoms with Crippen LogP contribution in [0.3, 0.4) is 0 Å². The molecule has 1 heterocycles. The molecule has 1 saturated carbocycles. The SMILES string of the molecule is O=C(O)C1(Nc2cnccn2)CCC1. The molecule has 0 bridgehead atoms. The van der Waals surface area contributed by atoms with E-state index in [9.17, 15) is 4.79 Å². The van der Waals surface area contributed by atoms with Crippen LogP contribution in [0.2, 0.25) is 0 Å². The number of hydrogen-bond donors (Lipinski definition) is 2. The Hall–Kier alpha value is -1.65. The van der Waals surface area contributed by atoms with Crippen LogP contribution in [-0.4, -0.2) is 26.6 Å². The summed E-state index contributed by atoms with van der Waals surface area (Å²) in [4.78, 5) is 18.9. The number of nitrogens with zero attached hydrogens (tertiary/aromatic N) is 2. The van der Waals surface area contributed by atoms with Crippen LogP contribution < -0.4 is 5.32 Å². The number of aliphatic carboxylic acids is 1. The van der Waals surface area contributed by atoms with Crippen molar-refractivity contribution in [3.05, 3.63) is 18.6 Å². The lowest BCUT2D eigenvalue weighted by atomic mass is 9.77. The van der Waals surface area contributed by atoms with Crippen LogP contribution in [0.15, 0.2) is 18.6 Å². The van der Waals surface area contributed by atoms with Crippen molar-refractivity contribution in [2.75, 3.05) is 5.32 Å². The normalized spacial score (nSPS) is 18.3. The summed E-state index contributed by atoms with van der Waals surface area (Å²) in [5.41, 5.74) is -0.809. The summed E-state index contributed by atoms with van der Waals surface area (Å²) in [6.07, 6.45) is 6.87. The molecule has 1 aromatic rings. The Balaban J connectivity index is 2.13. The lowest BCUT2D eigenvalue weighted by Gasteiger charge is -2.38. The van der Waals surface area contributed by atoms with Crippen LogP contribution in [-0.2, 0) is 4.79 Å². The van der Waals surface area contributed by atoms with Crippen LogP contribution in [0.1, 0.15) is 19.3 Å². The van der Waals surface area contributed by atoms with Crippen molar-refractivity contribution in [3.8, 4) is 0 Å². The van der Waals surface area contributed by atoms with Crippen molar-refractivity contribution >= 4 is 11.8 Å². The van der Waals surface area contributed by atoms with Crippen molar-refractivity contribution in [1.82, 2.24) is 9.97 Å². The van der Waals surface area contributed by atoms with E-state index in [4.69, 9.17) is 5.11 Å². The molecule has 0 aromatic carbocycles. The third-order valence-electron chi connectivity index (χ3n) is 2.55. The molecule has 0 spiro atoms. The van der Waals surface area contributed by atoms with Gasteiger partial charge in [0, 0.05) is 12.4 Å². The van der Waals surface area contributed by atoms with Crippen LogP contribution in [0.4, 0.5) is 5.82 Å². The van der Waals surface area contributed by atoms with Crippen molar-refractivity contribution in [1.29, 1.82) is 0 Å². The molecule has 0 saturated heterocycles. The largest absolute Gasteiger partial charge is 0.480 e. The molecular formula is C9H11N3O2. The topological polar surface area (TPSA) is 75.1 Å². The quantitative estimate of drug-likeness (QED) is 0.745. The molecule has 0 atom stereocenters. The molecule has 0 radical (unpaired) electrons. The van der Waals surface area contributed by atoms with Crippen molar-refractivity contribution < 1.29 is 9.90 Å². The van der Waals surface area contributed by atoms with Gasteiger partial charge in [-0.1, -0.05) is 0 Å². The van der Waals surface area contributed by atoms with E-state index in [0.717, 1.165) is 6.42 Å². The molecule has 0 aliphatic heterocycles. The highest BCUT2D eigenvalue weighted by molar-refractivity contribution is 5.83. The fourth-order valence-corrected chi connectivity index (χ4v) is 1.53. The minimum absolute atomic E-state index is 0.523. The number of rotatable bonds is 3. The van der Waals surface area contributed by atoms with E-state index < -0.39 is 11.5 Å². The number of hydrogen-bond acceptors (Lipinski definition) is 4. The zero-order valence-corrected chi connectivity index (χ0v) is 7.60. The van der Waals surface area contributed by atoms with Gasteiger partial charge in [0.05, 0.1) is 6.20 Å². The lowest BCUT2D eigenvalue weighted by Crippen LogP contribution is -2.52. The number of carboxylic acids is 1. The average molecular weight is 193 g/mol. The van der Waals surface area contributed by atoms with Gasteiger partial charge in [0.1, 0.15) is 11.4 Å². The van der Waals surface area contributed by atoms with Gasteiger partial charge < -0.3 is 10.4 Å². The zero-order chi connectivity index (χ0) is 10.0. The molecule has 1 aromatic heterocycles. The summed E-state index contributed by atoms with van der Waals surface area (Å²) >= 11 is 0. The standard InChI is InChI=1S/C9H11N3O2/c13-8(14)9(2-1-3-9)12-7-6-10-4-5-11-7/h4-6H,1-3H2,(H,11,12)(H,13,14). The van der Waals surface area contributed by atoms with Crippen molar-refractivity contribution in [2.24, 2.45) is 0 Å². The average Bonchev–Trinajstić information content (AvgIpc) is 2.12. The van der Waals surface area contributed by atoms with Gasteiger partial charge in [-0.3, -0.25) is 4.98 Å². The highest BCUT2D eigenvalue weighted by atomic mass is 16.4. The maximum Gasteiger partial charge on any atom is 0.329 e. The highest BCUT2D eigenvalue weighted by Gasteiger charge is 2.44. The number of anilines is 1. The Morgan fingerprint density at radius 2 is 2.29 bits per heavy atom. The van der Waals surface area contributed by atoms with Crippen molar-refractivity contribution in [3.63, 3.8) is 0 Å². The Morgan fingerprint density at radius 1 is 1.50 bits per heavy atom. The van der Waals surface area contributed by atoms with E-state index in [-0.39, 0.29) is 0 Å². The van der Waals surface area contributed by atoms with Crippen LogP contribution in [0.5, 0.6) is 0 Å². The fourth-order valence-electron chi connectivity index (χ4n) is 1.53. The first-order chi connectivity index (χ1) is 6.73. The van der Waals surface area contributed by atoms with E-state index in [1.807, 2.05) is 0 Å². The first-order valence-corrected chi connectivity index (χ1v) is 4.51. The second-order valence-corrected chi connectivity index (χ2v) is 3.46. The van der Waals surface area contributed by atoms with Gasteiger partial charge in [0.15, 0.2) is 0 Å². The van der Waals surface area contributed by atoms with Gasteiger partial charge in [-0.2, -0.15) is 0 Å². The molecule has 2 rings (SSSR count). The molecule has 74 valence electrons. The minimum atomic E-state index is -0.811. The van der Waals surface area contributed by atoms with Crippen molar-refractivity contribution in [2.45, 2.75) is 24.8 Å². The zero-order valence-electron chi connectivity index (χ0n) is 7.60. The summed E-state index contributed by atoms with van der Waals surface area (Å²) in [6.45, 7) is 0. The lowest BCUT2D eigenvalue weighted by molar-refractivity contribution is -0.145. The molecule has 2 N–H and O–H groups in total. The van der Waals surface area contributed by atoms with Gasteiger partial charge in [0.2, 0.25) is 0 Å². The van der Waals surface area contributed by atoms with Gasteiger partial charge in [-0.05, 0) is 19.3 Å². The van der Waals surface area contributed by atoms with E-state index in [1.54, 1.807) is 6.20 Å². The molecule has 1 fully saturated rings. The minimum Gasteiger partial charge on any atom is -0.480 e. The fraction of sp³-hybridized carbons (Fsp3) is 0.444. The van der Waals surface area contributed by atoms with Crippen LogP contribution in [0, 0.1) is 0 Å². The van der Waals surface area contributed by atoms with Crippen LogP contribution in [0.25, 0.3) is 0 Å². The van der Waals surface area contributed by atoms with Gasteiger partial charge >= 0.3 is 5.97 Å². The summed E-state index contributed by atoms with van der Waals surface area (Å²) in [5.74, 6) is -0.288. The molecule has 1 aliphatic rings. The van der Waals surface area contributed by atoms with Crippen LogP contribution >= 0.6 is 0 Å². The number of carboxylic acid groups (broad SMARTS) is 1. The summed E-state index contributed by atoms with van der Waals surface area (Å²) < 4.78 is 0. The molecule has 14 heavy (non-hydrogen) atoms. The van der Waals surface area contributed by atoms with E-state index in [0.29, 0.717) is 18.7 Å². The summed E-state index contributed by atoms with van der Waals surface area (Å²) in [5, 5.41) is 12.0. The molecule has 5 nitrogen and oxygen atoms in total. The maximum absolute atomic E-state index is 11.0. The predicted molar refractivity (Wildman–Crippen MR) is 49.9 cm³/mol. The smallest absolute Gasteiger partial charge is 0.329 e. The Labute approximate surface area is 81.2 Å². The maximum atomic E-state index is 11.0. The molecular weight excluding hydrogens is 182 g/mol. The predicted octanol–water partition coefficient (Wildman–Crippen LogP) is 0.896. The monoisotopic (exact) mass is 193 g/mol. The number of aromatic nitrogens is 2. The van der Waals surface area contributed by atoms with E-state index in [2.05, 4.69) is 15.3 Å².